The first-order valence-electron chi connectivity index (χ1n) is 12.0. The highest BCUT2D eigenvalue weighted by molar-refractivity contribution is 7.92. The second-order valence-corrected chi connectivity index (χ2v) is 13.7. The van der Waals surface area contributed by atoms with Crippen LogP contribution in [-0.2, 0) is 9.84 Å². The van der Waals surface area contributed by atoms with Crippen molar-refractivity contribution in [2.75, 3.05) is 19.4 Å². The first-order valence-corrected chi connectivity index (χ1v) is 13.9. The molecule has 3 unspecified atom stereocenters. The molecule has 1 saturated heterocycles. The Labute approximate surface area is 201 Å². The number of likely N-dealkylation sites (tertiary alicyclic amines) is 1. The Morgan fingerprint density at radius 1 is 1.21 bits per heavy atom. The van der Waals surface area contributed by atoms with Gasteiger partial charge >= 0.3 is 0 Å². The van der Waals surface area contributed by atoms with E-state index in [1.165, 1.54) is 12.5 Å². The summed E-state index contributed by atoms with van der Waals surface area (Å²) in [5.74, 6) is 2.45. The van der Waals surface area contributed by atoms with Crippen molar-refractivity contribution in [1.29, 1.82) is 10.5 Å². The normalized spacial score (nSPS) is 36.9. The smallest absolute Gasteiger partial charge is 0.213 e. The molecule has 1 aromatic heterocycles. The van der Waals surface area contributed by atoms with Crippen molar-refractivity contribution in [1.82, 2.24) is 9.88 Å². The Kier molecular flexibility index (Phi) is 5.40. The quantitative estimate of drug-likeness (QED) is 0.593. The Bertz CT molecular complexity index is 1180. The molecule has 0 amide bonds. The predicted octanol–water partition coefficient (Wildman–Crippen LogP) is 3.16. The van der Waals surface area contributed by atoms with Crippen LogP contribution in [0, 0.1) is 51.9 Å². The number of aliphatic imine (C=N–C) groups is 1. The van der Waals surface area contributed by atoms with Crippen molar-refractivity contribution in [3.63, 3.8) is 0 Å². The maximum atomic E-state index is 12.8. The molecule has 0 N–H and O–H groups in total. The van der Waals surface area contributed by atoms with Crippen LogP contribution in [0.5, 0.6) is 5.88 Å². The van der Waals surface area contributed by atoms with E-state index in [-0.39, 0.29) is 17.4 Å². The van der Waals surface area contributed by atoms with E-state index in [9.17, 15) is 13.7 Å². The molecule has 34 heavy (non-hydrogen) atoms. The molecule has 180 valence electrons. The summed E-state index contributed by atoms with van der Waals surface area (Å²) in [5, 5.41) is 18.5. The summed E-state index contributed by atoms with van der Waals surface area (Å²) in [6.07, 6.45) is 9.31. The van der Waals surface area contributed by atoms with E-state index in [1.807, 2.05) is 6.19 Å². The molecule has 9 heteroatoms. The highest BCUT2D eigenvalue weighted by Gasteiger charge is 2.62. The monoisotopic (exact) mass is 481 g/mol. The maximum absolute atomic E-state index is 12.8. The second kappa shape index (κ2) is 7.95. The first kappa shape index (κ1) is 23.1. The van der Waals surface area contributed by atoms with Crippen LogP contribution in [0.1, 0.15) is 51.5 Å². The van der Waals surface area contributed by atoms with Gasteiger partial charge in [0.1, 0.15) is 11.9 Å². The molecule has 4 bridgehead atoms. The Morgan fingerprint density at radius 3 is 2.47 bits per heavy atom. The molecule has 8 nitrogen and oxygen atoms in total. The average Bonchev–Trinajstić information content (AvgIpc) is 3.01. The van der Waals surface area contributed by atoms with E-state index in [1.54, 1.807) is 12.1 Å². The fourth-order valence-electron chi connectivity index (χ4n) is 7.49. The first-order chi connectivity index (χ1) is 16.1. The fraction of sp³-hybridized carbons (Fsp3) is 0.680. The van der Waals surface area contributed by atoms with Crippen LogP contribution < -0.4 is 4.74 Å². The van der Waals surface area contributed by atoms with Gasteiger partial charge in [-0.2, -0.15) is 15.5 Å². The van der Waals surface area contributed by atoms with Crippen molar-refractivity contribution in [3.05, 3.63) is 23.9 Å². The second-order valence-electron chi connectivity index (χ2n) is 11.3. The number of amidine groups is 1. The molecular weight excluding hydrogens is 450 g/mol. The lowest BCUT2D eigenvalue weighted by Gasteiger charge is -2.61. The molecule has 4 saturated carbocycles. The Balaban J connectivity index is 1.39. The molecule has 0 aromatic carbocycles. The molecular formula is C25H31N5O3S. The van der Waals surface area contributed by atoms with E-state index in [0.717, 1.165) is 44.5 Å². The molecule has 5 fully saturated rings. The van der Waals surface area contributed by atoms with Gasteiger partial charge in [-0.1, -0.05) is 13.8 Å². The average molecular weight is 482 g/mol. The van der Waals surface area contributed by atoms with Crippen molar-refractivity contribution >= 4 is 15.7 Å². The van der Waals surface area contributed by atoms with Crippen molar-refractivity contribution in [3.8, 4) is 18.1 Å². The lowest BCUT2D eigenvalue weighted by Crippen LogP contribution is -2.64. The van der Waals surface area contributed by atoms with Crippen LogP contribution >= 0.6 is 0 Å². The van der Waals surface area contributed by atoms with Crippen LogP contribution in [-0.4, -0.2) is 54.3 Å². The van der Waals surface area contributed by atoms with Crippen molar-refractivity contribution in [2.45, 2.75) is 56.7 Å². The maximum Gasteiger partial charge on any atom is 0.213 e. The SMILES string of the molecule is CC1(C)/C(=N/C#N)N(C2C3CC4CC2CC(S(C)(=O)=O)(C4)C3)CC1COc1ccc(C#N)cn1. The zero-order valence-electron chi connectivity index (χ0n) is 19.9. The predicted molar refractivity (Wildman–Crippen MR) is 126 cm³/mol. The van der Waals surface area contributed by atoms with Gasteiger partial charge in [-0.3, -0.25) is 0 Å². The number of nitriles is 2. The molecule has 2 heterocycles. The minimum absolute atomic E-state index is 0.0955. The number of hydrogen-bond donors (Lipinski definition) is 0. The number of aromatic nitrogens is 1. The summed E-state index contributed by atoms with van der Waals surface area (Å²) in [4.78, 5) is 10.8. The van der Waals surface area contributed by atoms with Crippen molar-refractivity contribution in [2.24, 2.45) is 34.1 Å². The number of rotatable bonds is 5. The molecule has 0 spiro atoms. The van der Waals surface area contributed by atoms with Gasteiger partial charge in [0.05, 0.1) is 16.9 Å². The van der Waals surface area contributed by atoms with E-state index < -0.39 is 14.6 Å². The van der Waals surface area contributed by atoms with E-state index in [2.05, 4.69) is 34.8 Å². The summed E-state index contributed by atoms with van der Waals surface area (Å²) in [5.41, 5.74) is 0.114. The van der Waals surface area contributed by atoms with Crippen molar-refractivity contribution < 1.29 is 13.2 Å². The standard InChI is InChI=1S/C25H31N5O3S/c1-24(2)20(14-33-21-5-4-16(11-26)12-28-21)13-30(23(24)29-15-27)22-18-6-17-7-19(22)10-25(8-17,9-18)34(3,31)32/h4-5,12,17-20,22H,6-10,13-14H2,1-3H3/b29-23-. The van der Waals surface area contributed by atoms with Crippen LogP contribution in [0.4, 0.5) is 0 Å². The van der Waals surface area contributed by atoms with Gasteiger partial charge in [0.2, 0.25) is 12.1 Å². The molecule has 6 rings (SSSR count). The molecule has 1 aliphatic heterocycles. The Hall–Kier alpha value is -2.65. The highest BCUT2D eigenvalue weighted by Crippen LogP contribution is 2.60. The minimum Gasteiger partial charge on any atom is -0.477 e. The van der Waals surface area contributed by atoms with Gasteiger partial charge in [-0.15, -0.1) is 0 Å². The summed E-state index contributed by atoms with van der Waals surface area (Å²) in [6.45, 7) is 5.36. The topological polar surface area (TPSA) is 119 Å². The van der Waals surface area contributed by atoms with Crippen LogP contribution in [0.2, 0.25) is 0 Å². The molecule has 5 aliphatic rings. The van der Waals surface area contributed by atoms with Gasteiger partial charge in [0, 0.05) is 42.4 Å². The van der Waals surface area contributed by atoms with Gasteiger partial charge in [0.15, 0.2) is 9.84 Å². The summed E-state index contributed by atoms with van der Waals surface area (Å²) in [6, 6.07) is 5.66. The zero-order chi connectivity index (χ0) is 24.3. The van der Waals surface area contributed by atoms with E-state index in [4.69, 9.17) is 10.00 Å². The number of pyridine rings is 1. The summed E-state index contributed by atoms with van der Waals surface area (Å²) in [7, 11) is -3.12. The minimum atomic E-state index is -3.12. The van der Waals surface area contributed by atoms with Gasteiger partial charge in [-0.25, -0.2) is 13.4 Å². The molecule has 4 aliphatic carbocycles. The zero-order valence-corrected chi connectivity index (χ0v) is 20.8. The van der Waals surface area contributed by atoms with Gasteiger partial charge in [-0.05, 0) is 55.9 Å². The third-order valence-electron chi connectivity index (χ3n) is 9.05. The number of ether oxygens (including phenoxy) is 1. The van der Waals surface area contributed by atoms with Crippen LogP contribution in [0.3, 0.4) is 0 Å². The number of sulfone groups is 1. The number of hydrogen-bond acceptors (Lipinski definition) is 7. The molecule has 3 atom stereocenters. The lowest BCUT2D eigenvalue weighted by atomic mass is 9.53. The fourth-order valence-corrected chi connectivity index (χ4v) is 9.06. The summed E-state index contributed by atoms with van der Waals surface area (Å²) < 4.78 is 31.0. The van der Waals surface area contributed by atoms with Gasteiger partial charge < -0.3 is 9.64 Å². The third-order valence-corrected chi connectivity index (χ3v) is 11.1. The third kappa shape index (κ3) is 3.56. The van der Waals surface area contributed by atoms with Crippen LogP contribution in [0.15, 0.2) is 23.3 Å². The Morgan fingerprint density at radius 2 is 1.91 bits per heavy atom. The van der Waals surface area contributed by atoms with E-state index in [0.29, 0.717) is 35.8 Å². The molecule has 0 radical (unpaired) electrons. The van der Waals surface area contributed by atoms with Gasteiger partial charge in [0.25, 0.3) is 0 Å². The van der Waals surface area contributed by atoms with E-state index >= 15 is 0 Å². The molecule has 1 aromatic rings. The highest BCUT2D eigenvalue weighted by atomic mass is 32.2. The largest absolute Gasteiger partial charge is 0.477 e. The summed E-state index contributed by atoms with van der Waals surface area (Å²) >= 11 is 0. The number of nitrogens with zero attached hydrogens (tertiary/aromatic N) is 5. The lowest BCUT2D eigenvalue weighted by molar-refractivity contribution is -0.0332. The van der Waals surface area contributed by atoms with Crippen LogP contribution in [0.25, 0.3) is 0 Å².